The summed E-state index contributed by atoms with van der Waals surface area (Å²) in [6, 6.07) is 0.852. The minimum atomic E-state index is -5.14. The van der Waals surface area contributed by atoms with Gasteiger partial charge in [-0.2, -0.15) is 13.2 Å². The molecule has 4 bridgehead atoms. The van der Waals surface area contributed by atoms with Crippen LogP contribution in [0.3, 0.4) is 0 Å². The van der Waals surface area contributed by atoms with E-state index < -0.39 is 77.0 Å². The molecule has 36 heavy (non-hydrogen) atoms. The molecule has 14 heteroatoms. The monoisotopic (exact) mass is 522 g/mol. The molecule has 2 N–H and O–H groups in total. The van der Waals surface area contributed by atoms with E-state index in [9.17, 15) is 31.9 Å². The van der Waals surface area contributed by atoms with Gasteiger partial charge < -0.3 is 19.0 Å². The van der Waals surface area contributed by atoms with Gasteiger partial charge in [0.1, 0.15) is 5.60 Å². The highest BCUT2D eigenvalue weighted by Crippen LogP contribution is 2.44. The number of hydrogen-bond donors (Lipinski definition) is 2. The highest BCUT2D eigenvalue weighted by atomic mass is 19.4. The summed E-state index contributed by atoms with van der Waals surface area (Å²) in [6.07, 6.45) is -9.60. The number of fused-ring (bicyclic) bond motifs is 5. The molecule has 2 atom stereocenters. The lowest BCUT2D eigenvalue weighted by Crippen LogP contribution is -2.42. The molecule has 1 amide bonds. The Morgan fingerprint density at radius 1 is 1.22 bits per heavy atom. The molecule has 3 rings (SSSR count). The number of carbonyl (C=O) groups is 1. The minimum Gasteiger partial charge on any atom is -0.474 e. The summed E-state index contributed by atoms with van der Waals surface area (Å²) < 4.78 is 85.2. The van der Waals surface area contributed by atoms with Gasteiger partial charge in [-0.05, 0) is 59.4 Å². The fourth-order valence-corrected chi connectivity index (χ4v) is 3.53. The van der Waals surface area contributed by atoms with Crippen LogP contribution in [0.1, 0.15) is 77.7 Å². The van der Waals surface area contributed by atoms with Crippen LogP contribution in [-0.4, -0.2) is 44.3 Å². The van der Waals surface area contributed by atoms with Crippen molar-refractivity contribution >= 4 is 11.8 Å². The minimum absolute atomic E-state index is 0.0300. The van der Waals surface area contributed by atoms with Gasteiger partial charge in [-0.15, -0.1) is 10.2 Å². The molecule has 1 aliphatic rings. The second-order valence-corrected chi connectivity index (χ2v) is 9.50. The average Bonchev–Trinajstić information content (AvgIpc) is 3.21. The van der Waals surface area contributed by atoms with E-state index in [1.807, 2.05) is 0 Å². The fraction of sp³-hybridized carbons (Fsp3) is 0.636. The summed E-state index contributed by atoms with van der Waals surface area (Å²) in [5.74, 6) is -2.31. The topological polar surface area (TPSA) is 120 Å². The van der Waals surface area contributed by atoms with Gasteiger partial charge in [-0.25, -0.2) is 18.6 Å². The quantitative estimate of drug-likeness (QED) is 0.468. The summed E-state index contributed by atoms with van der Waals surface area (Å²) in [4.78, 5) is 16.4. The van der Waals surface area contributed by atoms with E-state index in [4.69, 9.17) is 13.9 Å². The van der Waals surface area contributed by atoms with Crippen molar-refractivity contribution in [3.63, 3.8) is 0 Å². The van der Waals surface area contributed by atoms with Crippen LogP contribution in [-0.2, 0) is 10.3 Å². The van der Waals surface area contributed by atoms with Gasteiger partial charge in [0.05, 0.1) is 17.4 Å². The molecule has 2 aromatic heterocycles. The largest absolute Gasteiger partial charge is 0.474 e. The Bertz CT molecular complexity index is 1090. The zero-order valence-electron chi connectivity index (χ0n) is 20.1. The number of anilines is 1. The van der Waals surface area contributed by atoms with E-state index in [1.165, 1.54) is 0 Å². The second kappa shape index (κ2) is 10.1. The first kappa shape index (κ1) is 27.6. The summed E-state index contributed by atoms with van der Waals surface area (Å²) in [7, 11) is 0. The van der Waals surface area contributed by atoms with Gasteiger partial charge >= 0.3 is 12.3 Å². The molecular weight excluding hydrogens is 495 g/mol. The Morgan fingerprint density at radius 3 is 2.53 bits per heavy atom. The molecule has 0 radical (unpaired) electrons. The number of nitrogens with zero attached hydrogens (tertiary/aromatic N) is 3. The smallest absolute Gasteiger partial charge is 0.426 e. The van der Waals surface area contributed by atoms with Crippen molar-refractivity contribution in [3.05, 3.63) is 17.5 Å². The lowest BCUT2D eigenvalue weighted by Gasteiger charge is -2.27. The van der Waals surface area contributed by atoms with Gasteiger partial charge in [0, 0.05) is 0 Å². The maximum absolute atomic E-state index is 13.9. The van der Waals surface area contributed by atoms with E-state index in [0.29, 0.717) is 19.3 Å². The number of aliphatic hydroxyl groups is 1. The molecular formula is C22H27F5N4O5. The highest BCUT2D eigenvalue weighted by molar-refractivity contribution is 5.89. The van der Waals surface area contributed by atoms with Crippen LogP contribution in [0.25, 0.3) is 11.6 Å². The lowest BCUT2D eigenvalue weighted by molar-refractivity contribution is -0.277. The summed E-state index contributed by atoms with van der Waals surface area (Å²) in [6.45, 7) is 6.31. The van der Waals surface area contributed by atoms with Crippen molar-refractivity contribution < 1.29 is 45.7 Å². The third-order valence-corrected chi connectivity index (χ3v) is 5.30. The average molecular weight is 522 g/mol. The number of rotatable bonds is 2. The number of alkyl halides is 5. The molecule has 0 unspecified atom stereocenters. The second-order valence-electron chi connectivity index (χ2n) is 9.50. The zero-order valence-corrected chi connectivity index (χ0v) is 20.1. The van der Waals surface area contributed by atoms with E-state index in [1.54, 1.807) is 27.7 Å². The molecule has 2 aromatic rings. The molecule has 3 heterocycles. The molecule has 200 valence electrons. The molecule has 0 saturated carbocycles. The molecule has 0 aliphatic carbocycles. The molecule has 0 aromatic carbocycles. The normalized spacial score (nSPS) is 21.5. The Kier molecular flexibility index (Phi) is 7.77. The van der Waals surface area contributed by atoms with Crippen LogP contribution in [0.5, 0.6) is 5.88 Å². The van der Waals surface area contributed by atoms with Crippen molar-refractivity contribution in [2.24, 2.45) is 0 Å². The van der Waals surface area contributed by atoms with Gasteiger partial charge in [0.25, 0.3) is 18.2 Å². The van der Waals surface area contributed by atoms with E-state index in [-0.39, 0.29) is 6.42 Å². The van der Waals surface area contributed by atoms with Crippen LogP contribution in [0, 0.1) is 0 Å². The van der Waals surface area contributed by atoms with Gasteiger partial charge in [-0.1, -0.05) is 6.42 Å². The van der Waals surface area contributed by atoms with Crippen LogP contribution >= 0.6 is 0 Å². The number of ether oxygens (including phenoxy) is 2. The lowest BCUT2D eigenvalue weighted by atomic mass is 9.94. The maximum atomic E-state index is 13.9. The first-order valence-corrected chi connectivity index (χ1v) is 11.2. The summed E-state index contributed by atoms with van der Waals surface area (Å²) in [5, 5.41) is 19.7. The summed E-state index contributed by atoms with van der Waals surface area (Å²) in [5.41, 5.74) is -5.88. The first-order chi connectivity index (χ1) is 16.6. The third kappa shape index (κ3) is 6.20. The predicted octanol–water partition coefficient (Wildman–Crippen LogP) is 5.90. The number of halogens is 5. The van der Waals surface area contributed by atoms with Crippen LogP contribution < -0.4 is 10.1 Å². The molecule has 0 spiro atoms. The van der Waals surface area contributed by atoms with E-state index in [2.05, 4.69) is 20.5 Å². The maximum Gasteiger partial charge on any atom is 0.426 e. The Hall–Kier alpha value is -3.03. The van der Waals surface area contributed by atoms with Crippen LogP contribution in [0.4, 0.5) is 32.4 Å². The summed E-state index contributed by atoms with van der Waals surface area (Å²) >= 11 is 0. The van der Waals surface area contributed by atoms with Crippen LogP contribution in [0.2, 0.25) is 0 Å². The predicted molar refractivity (Wildman–Crippen MR) is 115 cm³/mol. The van der Waals surface area contributed by atoms with Crippen molar-refractivity contribution in [2.45, 2.75) is 89.7 Å². The van der Waals surface area contributed by atoms with Crippen molar-refractivity contribution in [2.75, 3.05) is 5.32 Å². The van der Waals surface area contributed by atoms with Crippen molar-refractivity contribution in [1.29, 1.82) is 0 Å². The fourth-order valence-electron chi connectivity index (χ4n) is 3.53. The van der Waals surface area contributed by atoms with Crippen molar-refractivity contribution in [1.82, 2.24) is 15.2 Å². The Labute approximate surface area is 203 Å². The SMILES string of the molecule is C[C@@H]1CCCCC[C@](O)(C(F)(F)F)c2nnc(o2)-c2nc(c(C(F)F)cc2NC(=O)OC(C)(C)C)O1. The standard InChI is InChI=1S/C22H27F5N4O5/c1-11-8-6-5-7-9-21(33,22(25,26)27)18-31-30-17(35-18)14-13(28-19(32)36-20(2,3)4)10-12(15(23)24)16(29-14)34-11/h10-11,15,33H,5-9H2,1-4H3,(H,28,32)/t11-,21-/m1/s1. The molecule has 0 saturated heterocycles. The van der Waals surface area contributed by atoms with Crippen LogP contribution in [0.15, 0.2) is 10.5 Å². The number of carbonyl (C=O) groups excluding carboxylic acids is 1. The van der Waals surface area contributed by atoms with Gasteiger partial charge in [-0.3, -0.25) is 5.32 Å². The van der Waals surface area contributed by atoms with E-state index >= 15 is 0 Å². The first-order valence-electron chi connectivity index (χ1n) is 11.2. The molecule has 0 fully saturated rings. The molecule has 1 aliphatic heterocycles. The number of amides is 1. The number of aromatic nitrogens is 3. The Balaban J connectivity index is 2.19. The third-order valence-electron chi connectivity index (χ3n) is 5.30. The van der Waals surface area contributed by atoms with Gasteiger partial charge in [0.2, 0.25) is 11.5 Å². The van der Waals surface area contributed by atoms with E-state index in [0.717, 1.165) is 6.07 Å². The number of hydrogen-bond acceptors (Lipinski definition) is 8. The number of pyridine rings is 1. The zero-order chi connectivity index (χ0) is 26.9. The highest BCUT2D eigenvalue weighted by Gasteiger charge is 2.58. The van der Waals surface area contributed by atoms with Crippen molar-refractivity contribution in [3.8, 4) is 17.5 Å². The Morgan fingerprint density at radius 2 is 1.92 bits per heavy atom. The van der Waals surface area contributed by atoms with Gasteiger partial charge in [0.15, 0.2) is 5.69 Å². The molecule has 9 nitrogen and oxygen atoms in total. The number of nitrogens with one attached hydrogen (secondary N) is 1.